The van der Waals surface area contributed by atoms with E-state index in [1.165, 1.54) is 12.1 Å². The molecular weight excluding hydrogens is 371 g/mol. The fourth-order valence-corrected chi connectivity index (χ4v) is 4.00. The van der Waals surface area contributed by atoms with Gasteiger partial charge >= 0.3 is 0 Å². The van der Waals surface area contributed by atoms with Crippen molar-refractivity contribution in [2.24, 2.45) is 0 Å². The molecule has 29 heavy (non-hydrogen) atoms. The molecule has 1 fully saturated rings. The second-order valence-electron chi connectivity index (χ2n) is 7.46. The Balaban J connectivity index is 1.73. The number of benzene rings is 2. The summed E-state index contributed by atoms with van der Waals surface area (Å²) in [5.74, 6) is 1.19. The maximum absolute atomic E-state index is 13.1. The zero-order valence-electron chi connectivity index (χ0n) is 17.4. The molecule has 0 aromatic heterocycles. The van der Waals surface area contributed by atoms with Gasteiger partial charge in [0.1, 0.15) is 17.3 Å². The Morgan fingerprint density at radius 1 is 1.14 bits per heavy atom. The smallest absolute Gasteiger partial charge is 0.237 e. The first kappa shape index (κ1) is 21.1. The van der Waals surface area contributed by atoms with Gasteiger partial charge in [-0.25, -0.2) is 4.39 Å². The Labute approximate surface area is 171 Å². The highest BCUT2D eigenvalue weighted by Crippen LogP contribution is 2.39. The van der Waals surface area contributed by atoms with E-state index in [1.54, 1.807) is 26.4 Å². The molecule has 6 heteroatoms. The fourth-order valence-electron chi connectivity index (χ4n) is 4.00. The zero-order chi connectivity index (χ0) is 21.0. The van der Waals surface area contributed by atoms with Crippen LogP contribution in [0.15, 0.2) is 42.5 Å². The van der Waals surface area contributed by atoms with Gasteiger partial charge < -0.3 is 14.8 Å². The van der Waals surface area contributed by atoms with Crippen molar-refractivity contribution in [2.75, 3.05) is 20.8 Å². The quantitative estimate of drug-likeness (QED) is 0.755. The zero-order valence-corrected chi connectivity index (χ0v) is 17.4. The predicted octanol–water partition coefficient (Wildman–Crippen LogP) is 4.25. The van der Waals surface area contributed by atoms with Crippen LogP contribution in [-0.4, -0.2) is 37.6 Å². The second kappa shape index (κ2) is 9.27. The van der Waals surface area contributed by atoms with Crippen molar-refractivity contribution in [3.8, 4) is 11.5 Å². The van der Waals surface area contributed by atoms with Crippen molar-refractivity contribution in [1.82, 2.24) is 10.2 Å². The van der Waals surface area contributed by atoms with Crippen LogP contribution in [0.4, 0.5) is 4.39 Å². The van der Waals surface area contributed by atoms with Crippen LogP contribution >= 0.6 is 0 Å². The molecule has 0 spiro atoms. The molecule has 156 valence electrons. The summed E-state index contributed by atoms with van der Waals surface area (Å²) in [6, 6.07) is 11.7. The van der Waals surface area contributed by atoms with Crippen LogP contribution < -0.4 is 14.8 Å². The van der Waals surface area contributed by atoms with Gasteiger partial charge in [-0.2, -0.15) is 0 Å². The molecule has 0 saturated carbocycles. The number of hydrogen-bond donors (Lipinski definition) is 1. The first-order valence-electron chi connectivity index (χ1n) is 9.98. The van der Waals surface area contributed by atoms with Gasteiger partial charge in [0.05, 0.1) is 26.3 Å². The Kier molecular flexibility index (Phi) is 6.75. The molecule has 0 aliphatic carbocycles. The van der Waals surface area contributed by atoms with Gasteiger partial charge in [-0.3, -0.25) is 9.69 Å². The van der Waals surface area contributed by atoms with Crippen LogP contribution in [0.5, 0.6) is 11.5 Å². The van der Waals surface area contributed by atoms with E-state index < -0.39 is 0 Å². The Morgan fingerprint density at radius 2 is 1.86 bits per heavy atom. The molecule has 3 atom stereocenters. The monoisotopic (exact) mass is 400 g/mol. The van der Waals surface area contributed by atoms with E-state index in [4.69, 9.17) is 9.47 Å². The summed E-state index contributed by atoms with van der Waals surface area (Å²) in [6.45, 7) is 4.69. The van der Waals surface area contributed by atoms with Crippen molar-refractivity contribution in [2.45, 2.75) is 44.8 Å². The molecule has 1 amide bonds. The summed E-state index contributed by atoms with van der Waals surface area (Å²) >= 11 is 0. The minimum Gasteiger partial charge on any atom is -0.497 e. The summed E-state index contributed by atoms with van der Waals surface area (Å²) in [7, 11) is 3.28. The van der Waals surface area contributed by atoms with E-state index in [2.05, 4.69) is 10.2 Å². The normalized spacial score (nSPS) is 18.9. The third kappa shape index (κ3) is 4.70. The number of halogens is 1. The van der Waals surface area contributed by atoms with Crippen LogP contribution in [0, 0.1) is 5.82 Å². The Bertz CT molecular complexity index is 841. The fraction of sp³-hybridized carbons (Fsp3) is 0.435. The van der Waals surface area contributed by atoms with Crippen LogP contribution in [0.1, 0.15) is 49.9 Å². The third-order valence-corrected chi connectivity index (χ3v) is 5.70. The van der Waals surface area contributed by atoms with Gasteiger partial charge in [0.2, 0.25) is 5.91 Å². The lowest BCUT2D eigenvalue weighted by atomic mass is 10.0. The topological polar surface area (TPSA) is 50.8 Å². The number of carbonyl (C=O) groups is 1. The summed E-state index contributed by atoms with van der Waals surface area (Å²) < 4.78 is 24.0. The first-order chi connectivity index (χ1) is 13.9. The third-order valence-electron chi connectivity index (χ3n) is 5.70. The molecule has 2 aromatic carbocycles. The molecule has 5 nitrogen and oxygen atoms in total. The number of nitrogens with one attached hydrogen (secondary N) is 1. The largest absolute Gasteiger partial charge is 0.497 e. The molecule has 2 aromatic rings. The van der Waals surface area contributed by atoms with E-state index >= 15 is 0 Å². The van der Waals surface area contributed by atoms with Gasteiger partial charge in [-0.05, 0) is 57.0 Å². The summed E-state index contributed by atoms with van der Waals surface area (Å²) in [4.78, 5) is 15.2. The molecule has 1 aliphatic rings. The van der Waals surface area contributed by atoms with Crippen LogP contribution in [0.25, 0.3) is 0 Å². The molecular formula is C23H29FN2O3. The molecule has 1 saturated heterocycles. The average Bonchev–Trinajstić information content (AvgIpc) is 3.22. The second-order valence-corrected chi connectivity index (χ2v) is 7.46. The molecule has 3 rings (SSSR count). The summed E-state index contributed by atoms with van der Waals surface area (Å²) in [6.07, 6.45) is 1.98. The number of methoxy groups -OCH3 is 2. The number of rotatable bonds is 7. The van der Waals surface area contributed by atoms with Gasteiger partial charge in [-0.1, -0.05) is 18.2 Å². The first-order valence-corrected chi connectivity index (χ1v) is 9.98. The Hall–Kier alpha value is -2.60. The van der Waals surface area contributed by atoms with E-state index in [1.807, 2.05) is 32.0 Å². The van der Waals surface area contributed by atoms with Crippen LogP contribution in [0.2, 0.25) is 0 Å². The highest BCUT2D eigenvalue weighted by Gasteiger charge is 2.34. The summed E-state index contributed by atoms with van der Waals surface area (Å²) in [5.41, 5.74) is 1.94. The lowest BCUT2D eigenvalue weighted by Gasteiger charge is -2.31. The van der Waals surface area contributed by atoms with E-state index in [-0.39, 0.29) is 29.8 Å². The Morgan fingerprint density at radius 3 is 2.52 bits per heavy atom. The molecule has 0 radical (unpaired) electrons. The van der Waals surface area contributed by atoms with E-state index in [9.17, 15) is 9.18 Å². The van der Waals surface area contributed by atoms with Gasteiger partial charge in [0.25, 0.3) is 0 Å². The number of amides is 1. The van der Waals surface area contributed by atoms with Gasteiger partial charge in [0.15, 0.2) is 0 Å². The lowest BCUT2D eigenvalue weighted by Crippen LogP contribution is -2.45. The molecule has 1 N–H and O–H groups in total. The minimum absolute atomic E-state index is 0.0406. The van der Waals surface area contributed by atoms with Crippen molar-refractivity contribution < 1.29 is 18.7 Å². The SMILES string of the molecule is COc1ccc(C2CCCN2C(C)C(=O)NC(C)c2ccc(F)cc2)c(OC)c1. The van der Waals surface area contributed by atoms with E-state index in [0.717, 1.165) is 42.0 Å². The van der Waals surface area contributed by atoms with Crippen molar-refractivity contribution in [1.29, 1.82) is 0 Å². The maximum Gasteiger partial charge on any atom is 0.237 e. The van der Waals surface area contributed by atoms with Crippen LogP contribution in [-0.2, 0) is 4.79 Å². The van der Waals surface area contributed by atoms with Gasteiger partial charge in [-0.15, -0.1) is 0 Å². The van der Waals surface area contributed by atoms with Crippen LogP contribution in [0.3, 0.4) is 0 Å². The van der Waals surface area contributed by atoms with Crippen molar-refractivity contribution >= 4 is 5.91 Å². The molecule has 1 heterocycles. The molecule has 1 aliphatic heterocycles. The number of carbonyl (C=O) groups excluding carboxylic acids is 1. The number of hydrogen-bond acceptors (Lipinski definition) is 4. The number of likely N-dealkylation sites (tertiary alicyclic amines) is 1. The standard InChI is InChI=1S/C23H29FN2O3/c1-15(17-7-9-18(24)10-8-17)25-23(27)16(2)26-13-5-6-21(26)20-12-11-19(28-3)14-22(20)29-4/h7-12,14-16,21H,5-6,13H2,1-4H3,(H,25,27). The highest BCUT2D eigenvalue weighted by molar-refractivity contribution is 5.81. The number of ether oxygens (including phenoxy) is 2. The molecule has 0 bridgehead atoms. The minimum atomic E-state index is -0.294. The number of nitrogens with zero attached hydrogens (tertiary/aromatic N) is 1. The maximum atomic E-state index is 13.1. The van der Waals surface area contributed by atoms with Crippen molar-refractivity contribution in [3.63, 3.8) is 0 Å². The van der Waals surface area contributed by atoms with Crippen molar-refractivity contribution in [3.05, 3.63) is 59.4 Å². The average molecular weight is 400 g/mol. The predicted molar refractivity (Wildman–Crippen MR) is 111 cm³/mol. The summed E-state index contributed by atoms with van der Waals surface area (Å²) in [5, 5.41) is 3.06. The van der Waals surface area contributed by atoms with E-state index in [0.29, 0.717) is 0 Å². The molecule has 3 unspecified atom stereocenters. The highest BCUT2D eigenvalue weighted by atomic mass is 19.1. The van der Waals surface area contributed by atoms with Gasteiger partial charge in [0, 0.05) is 17.7 Å². The lowest BCUT2D eigenvalue weighted by molar-refractivity contribution is -0.127.